The Balaban J connectivity index is 1.16. The Kier molecular flexibility index (Phi) is 10.4. The molecular weight excluding hydrogens is 594 g/mol. The molecule has 2 heterocycles. The summed E-state index contributed by atoms with van der Waals surface area (Å²) in [5.74, 6) is 1.97. The summed E-state index contributed by atoms with van der Waals surface area (Å²) in [6, 6.07) is 19.8. The van der Waals surface area contributed by atoms with Crippen LogP contribution >= 0.6 is 11.8 Å². The SMILES string of the molecule is COc1ccc(CNC(=O)CC[C@H]2N=C3c4ccccc4N=C(SCC(=O)NCCc4ccc(OC)c(OC)c4)N3C2=O)cc1. The van der Waals surface area contributed by atoms with E-state index in [1.54, 1.807) is 21.3 Å². The fraction of sp³-hybridized carbons (Fsp3) is 0.303. The highest BCUT2D eigenvalue weighted by molar-refractivity contribution is 8.14. The number of ether oxygens (including phenoxy) is 3. The Morgan fingerprint density at radius 2 is 1.64 bits per heavy atom. The van der Waals surface area contributed by atoms with Gasteiger partial charge in [0.2, 0.25) is 11.8 Å². The van der Waals surface area contributed by atoms with Crippen molar-refractivity contribution in [3.05, 3.63) is 83.4 Å². The quantitative estimate of drug-likeness (QED) is 0.294. The summed E-state index contributed by atoms with van der Waals surface area (Å²) in [6.45, 7) is 0.807. The Morgan fingerprint density at radius 3 is 2.40 bits per heavy atom. The summed E-state index contributed by atoms with van der Waals surface area (Å²) in [4.78, 5) is 49.8. The van der Waals surface area contributed by atoms with Crippen LogP contribution in [0.3, 0.4) is 0 Å². The Labute approximate surface area is 266 Å². The lowest BCUT2D eigenvalue weighted by Crippen LogP contribution is -2.42. The fourth-order valence-corrected chi connectivity index (χ4v) is 5.78. The molecule has 234 valence electrons. The van der Waals surface area contributed by atoms with E-state index in [0.29, 0.717) is 47.7 Å². The molecule has 0 aromatic heterocycles. The predicted molar refractivity (Wildman–Crippen MR) is 174 cm³/mol. The molecule has 45 heavy (non-hydrogen) atoms. The van der Waals surface area contributed by atoms with Gasteiger partial charge in [0.25, 0.3) is 5.91 Å². The molecule has 0 fully saturated rings. The van der Waals surface area contributed by atoms with Crippen LogP contribution in [-0.4, -0.2) is 73.3 Å². The molecule has 0 radical (unpaired) electrons. The Morgan fingerprint density at radius 1 is 0.889 bits per heavy atom. The molecule has 11 nitrogen and oxygen atoms in total. The molecule has 1 atom stereocenters. The van der Waals surface area contributed by atoms with E-state index in [4.69, 9.17) is 19.2 Å². The maximum atomic E-state index is 13.5. The summed E-state index contributed by atoms with van der Waals surface area (Å²) in [5, 5.41) is 6.21. The highest BCUT2D eigenvalue weighted by Crippen LogP contribution is 2.34. The number of para-hydroxylation sites is 1. The van der Waals surface area contributed by atoms with Crippen molar-refractivity contribution in [1.82, 2.24) is 15.5 Å². The number of nitrogens with one attached hydrogen (secondary N) is 2. The third kappa shape index (κ3) is 7.63. The number of fused-ring (bicyclic) bond motifs is 3. The van der Waals surface area contributed by atoms with Crippen molar-refractivity contribution >= 4 is 46.2 Å². The van der Waals surface area contributed by atoms with Gasteiger partial charge in [0.1, 0.15) is 17.6 Å². The average Bonchev–Trinajstić information content (AvgIpc) is 3.41. The van der Waals surface area contributed by atoms with Crippen molar-refractivity contribution in [2.75, 3.05) is 33.6 Å². The van der Waals surface area contributed by atoms with E-state index in [1.807, 2.05) is 66.7 Å². The van der Waals surface area contributed by atoms with Crippen molar-refractivity contribution in [2.45, 2.75) is 31.8 Å². The lowest BCUT2D eigenvalue weighted by atomic mass is 10.1. The standard InChI is InChI=1S/C33H35N5O6S/c1-42-23-11-8-22(9-12-23)19-35-29(39)15-13-26-32(41)38-31(36-26)24-6-4-5-7-25(24)37-33(38)45-20-30(40)34-17-16-21-10-14-27(43-2)28(18-21)44-3/h4-12,14,18,26H,13,15-17,19-20H2,1-3H3,(H,34,40)(H,35,39)/t26-/m1/s1. The second-order valence-electron chi connectivity index (χ2n) is 10.3. The molecule has 0 aliphatic carbocycles. The van der Waals surface area contributed by atoms with E-state index in [2.05, 4.69) is 15.6 Å². The number of hydrogen-bond donors (Lipinski definition) is 2. The molecule has 5 rings (SSSR count). The van der Waals surface area contributed by atoms with Gasteiger partial charge in [-0.2, -0.15) is 0 Å². The third-order valence-corrected chi connectivity index (χ3v) is 8.30. The summed E-state index contributed by atoms with van der Waals surface area (Å²) in [6.07, 6.45) is 1.01. The number of carbonyl (C=O) groups excluding carboxylic acids is 3. The average molecular weight is 630 g/mol. The van der Waals surface area contributed by atoms with Crippen LogP contribution in [0.1, 0.15) is 29.5 Å². The minimum absolute atomic E-state index is 0.0719. The van der Waals surface area contributed by atoms with Gasteiger partial charge < -0.3 is 24.8 Å². The lowest BCUT2D eigenvalue weighted by Gasteiger charge is -2.25. The normalized spacial score (nSPS) is 15.0. The molecule has 0 bridgehead atoms. The first-order valence-corrected chi connectivity index (χ1v) is 15.5. The van der Waals surface area contributed by atoms with Crippen molar-refractivity contribution in [3.63, 3.8) is 0 Å². The summed E-state index contributed by atoms with van der Waals surface area (Å²) >= 11 is 1.18. The van der Waals surface area contributed by atoms with Gasteiger partial charge >= 0.3 is 0 Å². The first-order valence-electron chi connectivity index (χ1n) is 14.5. The molecule has 0 spiro atoms. The van der Waals surface area contributed by atoms with Gasteiger partial charge in [-0.25, -0.2) is 9.89 Å². The van der Waals surface area contributed by atoms with Crippen LogP contribution in [0.2, 0.25) is 0 Å². The number of hydrogen-bond acceptors (Lipinski definition) is 9. The first kappa shape index (κ1) is 31.6. The van der Waals surface area contributed by atoms with E-state index in [1.165, 1.54) is 16.7 Å². The topological polar surface area (TPSA) is 131 Å². The first-order chi connectivity index (χ1) is 21.9. The zero-order chi connectivity index (χ0) is 31.8. The van der Waals surface area contributed by atoms with Crippen molar-refractivity contribution in [1.29, 1.82) is 0 Å². The molecule has 0 saturated carbocycles. The monoisotopic (exact) mass is 629 g/mol. The zero-order valence-electron chi connectivity index (χ0n) is 25.4. The van der Waals surface area contributed by atoms with Gasteiger partial charge in [-0.05, 0) is 60.4 Å². The Hall–Kier alpha value is -4.84. The number of nitrogens with zero attached hydrogens (tertiary/aromatic N) is 3. The van der Waals surface area contributed by atoms with Gasteiger partial charge in [0.05, 0.1) is 32.8 Å². The largest absolute Gasteiger partial charge is 0.497 e. The van der Waals surface area contributed by atoms with Crippen LogP contribution in [-0.2, 0) is 27.3 Å². The number of thioether (sulfide) groups is 1. The van der Waals surface area contributed by atoms with Crippen molar-refractivity contribution < 1.29 is 28.6 Å². The number of amidine groups is 2. The maximum absolute atomic E-state index is 13.5. The van der Waals surface area contributed by atoms with Crippen LogP contribution in [0.5, 0.6) is 17.2 Å². The number of methoxy groups -OCH3 is 3. The van der Waals surface area contributed by atoms with E-state index in [9.17, 15) is 14.4 Å². The van der Waals surface area contributed by atoms with Crippen molar-refractivity contribution in [3.8, 4) is 17.2 Å². The van der Waals surface area contributed by atoms with Gasteiger partial charge in [-0.15, -0.1) is 0 Å². The lowest BCUT2D eigenvalue weighted by molar-refractivity contribution is -0.125. The van der Waals surface area contributed by atoms with Crippen LogP contribution in [0.4, 0.5) is 5.69 Å². The summed E-state index contributed by atoms with van der Waals surface area (Å²) in [5.41, 5.74) is 3.35. The Bertz CT molecular complexity index is 1620. The molecular formula is C33H35N5O6S. The molecule has 0 saturated heterocycles. The van der Waals surface area contributed by atoms with E-state index in [0.717, 1.165) is 22.4 Å². The minimum atomic E-state index is -0.723. The van der Waals surface area contributed by atoms with Crippen LogP contribution in [0.25, 0.3) is 0 Å². The zero-order valence-corrected chi connectivity index (χ0v) is 26.2. The van der Waals surface area contributed by atoms with Gasteiger partial charge in [0, 0.05) is 25.1 Å². The van der Waals surface area contributed by atoms with Crippen molar-refractivity contribution in [2.24, 2.45) is 9.98 Å². The molecule has 3 aromatic rings. The van der Waals surface area contributed by atoms with E-state index >= 15 is 0 Å². The van der Waals surface area contributed by atoms with Gasteiger partial charge in [0.15, 0.2) is 16.7 Å². The molecule has 3 amide bonds. The van der Waals surface area contributed by atoms with Gasteiger partial charge in [-0.1, -0.05) is 42.1 Å². The number of benzene rings is 3. The van der Waals surface area contributed by atoms with Crippen LogP contribution < -0.4 is 24.8 Å². The number of amides is 3. The number of rotatable bonds is 13. The molecule has 0 unspecified atom stereocenters. The maximum Gasteiger partial charge on any atom is 0.259 e. The number of carbonyl (C=O) groups is 3. The molecule has 2 aliphatic rings. The third-order valence-electron chi connectivity index (χ3n) is 7.36. The smallest absolute Gasteiger partial charge is 0.259 e. The second-order valence-corrected chi connectivity index (χ2v) is 11.2. The fourth-order valence-electron chi connectivity index (χ4n) is 4.95. The molecule has 2 N–H and O–H groups in total. The predicted octanol–water partition coefficient (Wildman–Crippen LogP) is 3.86. The van der Waals surface area contributed by atoms with Crippen LogP contribution in [0.15, 0.2) is 76.7 Å². The highest BCUT2D eigenvalue weighted by atomic mass is 32.2. The molecule has 3 aromatic carbocycles. The summed E-state index contributed by atoms with van der Waals surface area (Å²) in [7, 11) is 4.77. The molecule has 2 aliphatic heterocycles. The molecule has 12 heteroatoms. The number of aliphatic imine (C=N–C) groups is 2. The van der Waals surface area contributed by atoms with E-state index in [-0.39, 0.29) is 36.3 Å². The summed E-state index contributed by atoms with van der Waals surface area (Å²) < 4.78 is 15.8. The van der Waals surface area contributed by atoms with E-state index < -0.39 is 6.04 Å². The van der Waals surface area contributed by atoms with Gasteiger partial charge in [-0.3, -0.25) is 19.4 Å². The van der Waals surface area contributed by atoms with Crippen LogP contribution in [0, 0.1) is 0 Å². The highest BCUT2D eigenvalue weighted by Gasteiger charge is 2.41. The second kappa shape index (κ2) is 14.8. The minimum Gasteiger partial charge on any atom is -0.497 e.